The summed E-state index contributed by atoms with van der Waals surface area (Å²) < 4.78 is 11.7. The lowest BCUT2D eigenvalue weighted by atomic mass is 9.34. The van der Waals surface area contributed by atoms with Crippen molar-refractivity contribution in [3.05, 3.63) is 97.1 Å². The van der Waals surface area contributed by atoms with Crippen LogP contribution in [-0.4, -0.2) is 11.3 Å². The minimum absolute atomic E-state index is 0.146. The molecule has 0 atom stereocenters. The van der Waals surface area contributed by atoms with E-state index in [9.17, 15) is 0 Å². The highest BCUT2D eigenvalue weighted by atomic mass is 32.1. The molecule has 0 amide bonds. The predicted molar refractivity (Wildman–Crippen MR) is 145 cm³/mol. The predicted octanol–water partition coefficient (Wildman–Crippen LogP) is 6.09. The molecule has 2 aromatic heterocycles. The fourth-order valence-corrected chi connectivity index (χ4v) is 7.61. The first-order valence-electron chi connectivity index (χ1n) is 11.7. The van der Waals surface area contributed by atoms with Crippen LogP contribution in [0.25, 0.3) is 47.7 Å². The fourth-order valence-electron chi connectivity index (χ4n) is 6.35. The van der Waals surface area contributed by atoms with Gasteiger partial charge in [0, 0.05) is 36.6 Å². The molecule has 2 nitrogen and oxygen atoms in total. The standard InChI is InChI=1S/C30H16BNOS/c1-4-11-22-17(8-1)19-16-20-18-9-2-6-15-26(18)34-30(20)28-29(19)32(22)23-12-7-14-25-27(23)31(28)21-10-3-5-13-24(21)33-25/h1-16H. The number of fused-ring (bicyclic) bond motifs is 11. The molecular weight excluding hydrogens is 433 g/mol. The Morgan fingerprint density at radius 3 is 2.41 bits per heavy atom. The van der Waals surface area contributed by atoms with Gasteiger partial charge in [-0.2, -0.15) is 0 Å². The van der Waals surface area contributed by atoms with Crippen molar-refractivity contribution < 1.29 is 4.74 Å². The lowest BCUT2D eigenvalue weighted by molar-refractivity contribution is 0.487. The molecule has 0 N–H and O–H groups in total. The Hall–Kier alpha value is -4.02. The van der Waals surface area contributed by atoms with Gasteiger partial charge in [-0.3, -0.25) is 0 Å². The second-order valence-electron chi connectivity index (χ2n) is 9.28. The van der Waals surface area contributed by atoms with Crippen molar-refractivity contribution in [1.29, 1.82) is 0 Å². The van der Waals surface area contributed by atoms with Crippen LogP contribution in [0.2, 0.25) is 0 Å². The number of para-hydroxylation sites is 2. The van der Waals surface area contributed by atoms with Gasteiger partial charge in [-0.05, 0) is 52.8 Å². The Morgan fingerprint density at radius 2 is 1.44 bits per heavy atom. The summed E-state index contributed by atoms with van der Waals surface area (Å²) in [6.45, 7) is 0.146. The maximum Gasteiger partial charge on any atom is 0.258 e. The minimum Gasteiger partial charge on any atom is -0.458 e. The topological polar surface area (TPSA) is 14.2 Å². The summed E-state index contributed by atoms with van der Waals surface area (Å²) in [6.07, 6.45) is 0. The van der Waals surface area contributed by atoms with E-state index >= 15 is 0 Å². The number of benzene rings is 5. The van der Waals surface area contributed by atoms with Crippen molar-refractivity contribution in [2.24, 2.45) is 0 Å². The van der Waals surface area contributed by atoms with Gasteiger partial charge in [0.15, 0.2) is 0 Å². The molecule has 2 aliphatic heterocycles. The Labute approximate surface area is 199 Å². The summed E-state index contributed by atoms with van der Waals surface area (Å²) >= 11 is 1.92. The molecule has 0 saturated heterocycles. The summed E-state index contributed by atoms with van der Waals surface area (Å²) in [7, 11) is 0. The van der Waals surface area contributed by atoms with Crippen LogP contribution in [0.5, 0.6) is 11.5 Å². The van der Waals surface area contributed by atoms with E-state index in [1.54, 1.807) is 0 Å². The van der Waals surface area contributed by atoms with E-state index in [1.165, 1.54) is 64.1 Å². The molecule has 5 aromatic carbocycles. The van der Waals surface area contributed by atoms with Crippen LogP contribution < -0.4 is 21.1 Å². The van der Waals surface area contributed by atoms with Crippen LogP contribution in [0.3, 0.4) is 0 Å². The summed E-state index contributed by atoms with van der Waals surface area (Å²) in [6, 6.07) is 35.2. The summed E-state index contributed by atoms with van der Waals surface area (Å²) in [5.41, 5.74) is 7.78. The van der Waals surface area contributed by atoms with Gasteiger partial charge < -0.3 is 9.30 Å². The van der Waals surface area contributed by atoms with Crippen LogP contribution in [0.15, 0.2) is 97.1 Å². The Kier molecular flexibility index (Phi) is 3.03. The van der Waals surface area contributed by atoms with E-state index in [1.807, 2.05) is 11.3 Å². The van der Waals surface area contributed by atoms with E-state index in [-0.39, 0.29) is 6.71 Å². The van der Waals surface area contributed by atoms with Crippen LogP contribution in [0, 0.1) is 0 Å². The van der Waals surface area contributed by atoms with E-state index in [4.69, 9.17) is 4.74 Å². The molecule has 0 radical (unpaired) electrons. The number of hydrogen-bond acceptors (Lipinski definition) is 2. The third kappa shape index (κ3) is 1.92. The van der Waals surface area contributed by atoms with Gasteiger partial charge in [-0.25, -0.2) is 0 Å². The summed E-state index contributed by atoms with van der Waals surface area (Å²) in [5.74, 6) is 1.93. The first-order chi connectivity index (χ1) is 16.9. The first kappa shape index (κ1) is 17.5. The molecule has 0 saturated carbocycles. The normalized spacial score (nSPS) is 13.5. The van der Waals surface area contributed by atoms with Gasteiger partial charge >= 0.3 is 0 Å². The third-order valence-electron chi connectivity index (χ3n) is 7.65. The molecule has 0 fully saturated rings. The molecule has 0 unspecified atom stereocenters. The van der Waals surface area contributed by atoms with Gasteiger partial charge in [0.2, 0.25) is 0 Å². The number of rotatable bonds is 0. The lowest BCUT2D eigenvalue weighted by Crippen LogP contribution is -2.58. The average molecular weight is 449 g/mol. The van der Waals surface area contributed by atoms with E-state index in [0.717, 1.165) is 11.5 Å². The Morgan fingerprint density at radius 1 is 0.647 bits per heavy atom. The molecule has 0 spiro atoms. The summed E-state index contributed by atoms with van der Waals surface area (Å²) in [5, 5.41) is 5.34. The molecule has 0 bridgehead atoms. The zero-order valence-electron chi connectivity index (χ0n) is 18.1. The second kappa shape index (κ2) is 5.91. The fraction of sp³-hybridized carbons (Fsp3) is 0. The van der Waals surface area contributed by atoms with E-state index < -0.39 is 0 Å². The largest absolute Gasteiger partial charge is 0.458 e. The minimum atomic E-state index is 0.146. The van der Waals surface area contributed by atoms with E-state index in [0.29, 0.717) is 0 Å². The quantitative estimate of drug-likeness (QED) is 0.256. The molecule has 4 heterocycles. The third-order valence-corrected chi connectivity index (χ3v) is 8.87. The van der Waals surface area contributed by atoms with Gasteiger partial charge in [0.05, 0.1) is 11.0 Å². The van der Waals surface area contributed by atoms with Crippen LogP contribution in [0.1, 0.15) is 0 Å². The van der Waals surface area contributed by atoms with Crippen LogP contribution in [0.4, 0.5) is 0 Å². The number of nitrogens with zero attached hydrogens (tertiary/aromatic N) is 1. The zero-order chi connectivity index (χ0) is 22.0. The van der Waals surface area contributed by atoms with Gasteiger partial charge in [0.25, 0.3) is 6.71 Å². The van der Waals surface area contributed by atoms with Crippen molar-refractivity contribution in [3.63, 3.8) is 0 Å². The number of hydrogen-bond donors (Lipinski definition) is 0. The highest BCUT2D eigenvalue weighted by Crippen LogP contribution is 2.42. The molecular formula is C30H16BNOS. The molecule has 4 heteroatoms. The number of aromatic nitrogens is 1. The first-order valence-corrected chi connectivity index (χ1v) is 12.5. The molecule has 9 rings (SSSR count). The smallest absolute Gasteiger partial charge is 0.258 e. The van der Waals surface area contributed by atoms with Crippen LogP contribution in [-0.2, 0) is 0 Å². The highest BCUT2D eigenvalue weighted by Gasteiger charge is 2.41. The molecule has 0 aliphatic carbocycles. The van der Waals surface area contributed by atoms with Gasteiger partial charge in [-0.1, -0.05) is 60.7 Å². The zero-order valence-corrected chi connectivity index (χ0v) is 18.9. The summed E-state index contributed by atoms with van der Waals surface area (Å²) in [4.78, 5) is 0. The van der Waals surface area contributed by atoms with Gasteiger partial charge in [-0.15, -0.1) is 11.3 Å². The highest BCUT2D eigenvalue weighted by molar-refractivity contribution is 7.28. The van der Waals surface area contributed by atoms with Crippen molar-refractivity contribution in [2.75, 3.05) is 0 Å². The van der Waals surface area contributed by atoms with E-state index in [2.05, 4.69) is 102 Å². The number of ether oxygens (including phenoxy) is 1. The van der Waals surface area contributed by atoms with Crippen molar-refractivity contribution in [1.82, 2.24) is 4.57 Å². The second-order valence-corrected chi connectivity index (χ2v) is 10.3. The SMILES string of the molecule is c1ccc2c(c1)Oc1cccc3c1B2c1c2sc4ccccc4c2cc2c4ccccc4n-3c12. The maximum atomic E-state index is 6.48. The van der Waals surface area contributed by atoms with Crippen molar-refractivity contribution in [3.8, 4) is 17.2 Å². The van der Waals surface area contributed by atoms with Crippen molar-refractivity contribution >= 4 is 76.4 Å². The molecule has 2 aliphatic rings. The number of thiophene rings is 1. The lowest BCUT2D eigenvalue weighted by Gasteiger charge is -2.33. The molecule has 156 valence electrons. The molecule has 7 aromatic rings. The van der Waals surface area contributed by atoms with Gasteiger partial charge in [0.1, 0.15) is 11.5 Å². The monoisotopic (exact) mass is 449 g/mol. The maximum absolute atomic E-state index is 6.48. The van der Waals surface area contributed by atoms with Crippen LogP contribution >= 0.6 is 11.3 Å². The average Bonchev–Trinajstić information content (AvgIpc) is 3.42. The Bertz CT molecular complexity index is 2010. The Balaban J connectivity index is 1.62. The van der Waals surface area contributed by atoms with Crippen molar-refractivity contribution in [2.45, 2.75) is 0 Å². The molecule has 34 heavy (non-hydrogen) atoms.